The molecule has 0 spiro atoms. The molecule has 1 atom stereocenters. The zero-order chi connectivity index (χ0) is 20.8. The quantitative estimate of drug-likeness (QED) is 0.619. The van der Waals surface area contributed by atoms with Crippen molar-refractivity contribution >= 4 is 34.4 Å². The topological polar surface area (TPSA) is 106 Å². The van der Waals surface area contributed by atoms with Crippen LogP contribution in [0.1, 0.15) is 26.7 Å². The predicted octanol–water partition coefficient (Wildman–Crippen LogP) is 1.94. The number of nitrogens with zero attached hydrogens (tertiary/aromatic N) is 2. The van der Waals surface area contributed by atoms with Crippen molar-refractivity contribution in [2.24, 2.45) is 22.7 Å². The van der Waals surface area contributed by atoms with Crippen molar-refractivity contribution in [1.82, 2.24) is 5.32 Å². The lowest BCUT2D eigenvalue weighted by atomic mass is 9.97. The summed E-state index contributed by atoms with van der Waals surface area (Å²) in [7, 11) is 0. The molecular weight excluding hydrogens is 392 g/mol. The zero-order valence-corrected chi connectivity index (χ0v) is 17.6. The van der Waals surface area contributed by atoms with Gasteiger partial charge in [0.25, 0.3) is 5.91 Å². The highest BCUT2D eigenvalue weighted by Gasteiger charge is 2.37. The maximum absolute atomic E-state index is 11.7. The van der Waals surface area contributed by atoms with Crippen LogP contribution in [-0.4, -0.2) is 48.6 Å². The van der Waals surface area contributed by atoms with Crippen molar-refractivity contribution in [2.45, 2.75) is 32.1 Å². The van der Waals surface area contributed by atoms with Crippen molar-refractivity contribution < 1.29 is 19.1 Å². The number of nitrogens with two attached hydrogens (primary N) is 1. The Morgan fingerprint density at radius 3 is 2.59 bits per heavy atom. The van der Waals surface area contributed by atoms with E-state index in [0.717, 1.165) is 31.6 Å². The van der Waals surface area contributed by atoms with Gasteiger partial charge in [0.1, 0.15) is 11.1 Å². The Morgan fingerprint density at radius 1 is 1.28 bits per heavy atom. The first-order valence-electron chi connectivity index (χ1n) is 9.87. The Balaban J connectivity index is 1.64. The van der Waals surface area contributed by atoms with Crippen LogP contribution in [0.25, 0.3) is 0 Å². The van der Waals surface area contributed by atoms with Gasteiger partial charge in [-0.05, 0) is 62.0 Å². The highest BCUT2D eigenvalue weighted by Crippen LogP contribution is 2.39. The second kappa shape index (κ2) is 9.98. The zero-order valence-electron chi connectivity index (χ0n) is 16.8. The highest BCUT2D eigenvalue weighted by atomic mass is 32.2. The van der Waals surface area contributed by atoms with Crippen LogP contribution in [0.15, 0.2) is 29.4 Å². The molecule has 1 amide bonds. The molecule has 29 heavy (non-hydrogen) atoms. The number of piperidine rings is 1. The summed E-state index contributed by atoms with van der Waals surface area (Å²) in [5.74, 6) is 0.375. The van der Waals surface area contributed by atoms with Gasteiger partial charge in [0.15, 0.2) is 11.7 Å². The molecule has 1 aromatic carbocycles. The van der Waals surface area contributed by atoms with E-state index in [4.69, 9.17) is 15.2 Å². The number of hydrogen-bond donors (Lipinski definition) is 2. The monoisotopic (exact) mass is 420 g/mol. The Morgan fingerprint density at radius 2 is 1.97 bits per heavy atom. The molecule has 3 rings (SSSR count). The van der Waals surface area contributed by atoms with E-state index in [1.165, 1.54) is 11.8 Å². The normalized spacial score (nSPS) is 19.9. The molecule has 0 saturated carbocycles. The number of esters is 1. The highest BCUT2D eigenvalue weighted by molar-refractivity contribution is 8.16. The molecule has 1 saturated heterocycles. The SMILES string of the molecule is CC(C)COC(=O)COc1ccc(N2N=C(C(N)=O)SC2C2CCNCC2)cc1. The summed E-state index contributed by atoms with van der Waals surface area (Å²) in [6.07, 6.45) is 2.05. The number of carbonyl (C=O) groups excluding carboxylic acids is 2. The van der Waals surface area contributed by atoms with E-state index in [-0.39, 0.29) is 23.9 Å². The molecular formula is C20H28N4O4S. The van der Waals surface area contributed by atoms with Crippen LogP contribution in [0, 0.1) is 11.8 Å². The van der Waals surface area contributed by atoms with Crippen LogP contribution in [0.3, 0.4) is 0 Å². The largest absolute Gasteiger partial charge is 0.482 e. The Hall–Kier alpha value is -2.26. The number of amides is 1. The molecule has 158 valence electrons. The molecule has 1 aromatic rings. The van der Waals surface area contributed by atoms with Gasteiger partial charge in [-0.3, -0.25) is 9.80 Å². The van der Waals surface area contributed by atoms with Gasteiger partial charge in [-0.15, -0.1) is 0 Å². The van der Waals surface area contributed by atoms with Crippen molar-refractivity contribution in [3.8, 4) is 5.75 Å². The van der Waals surface area contributed by atoms with Gasteiger partial charge in [0.05, 0.1) is 12.3 Å². The number of primary amides is 1. The second-order valence-corrected chi connectivity index (χ2v) is 8.67. The molecule has 2 aliphatic heterocycles. The lowest BCUT2D eigenvalue weighted by Gasteiger charge is -2.32. The lowest BCUT2D eigenvalue weighted by molar-refractivity contribution is -0.147. The smallest absolute Gasteiger partial charge is 0.344 e. The fourth-order valence-electron chi connectivity index (χ4n) is 3.22. The Bertz CT molecular complexity index is 747. The summed E-state index contributed by atoms with van der Waals surface area (Å²) >= 11 is 1.44. The number of hydrogen-bond acceptors (Lipinski definition) is 8. The molecule has 0 bridgehead atoms. The molecule has 2 aliphatic rings. The van der Waals surface area contributed by atoms with Crippen molar-refractivity contribution in [3.05, 3.63) is 24.3 Å². The van der Waals surface area contributed by atoms with Gasteiger partial charge < -0.3 is 20.5 Å². The summed E-state index contributed by atoms with van der Waals surface area (Å²) in [4.78, 5) is 23.4. The fraction of sp³-hybridized carbons (Fsp3) is 0.550. The molecule has 8 nitrogen and oxygen atoms in total. The van der Waals surface area contributed by atoms with E-state index in [9.17, 15) is 9.59 Å². The molecule has 0 radical (unpaired) electrons. The number of carbonyl (C=O) groups is 2. The molecule has 2 heterocycles. The first-order valence-corrected chi connectivity index (χ1v) is 10.8. The third-order valence-corrected chi connectivity index (χ3v) is 6.04. The van der Waals surface area contributed by atoms with Crippen LogP contribution in [-0.2, 0) is 14.3 Å². The van der Waals surface area contributed by atoms with Gasteiger partial charge in [0.2, 0.25) is 0 Å². The first-order chi connectivity index (χ1) is 13.9. The number of thioether (sulfide) groups is 1. The third kappa shape index (κ3) is 5.86. The molecule has 0 aromatic heterocycles. The molecule has 1 unspecified atom stereocenters. The van der Waals surface area contributed by atoms with E-state index in [1.54, 1.807) is 12.1 Å². The van der Waals surface area contributed by atoms with Crippen molar-refractivity contribution in [1.29, 1.82) is 0 Å². The van der Waals surface area contributed by atoms with Crippen LogP contribution in [0.2, 0.25) is 0 Å². The van der Waals surface area contributed by atoms with Crippen LogP contribution in [0.4, 0.5) is 5.69 Å². The Kier molecular flexibility index (Phi) is 7.38. The van der Waals surface area contributed by atoms with Gasteiger partial charge >= 0.3 is 5.97 Å². The number of rotatable bonds is 8. The van der Waals surface area contributed by atoms with Crippen LogP contribution >= 0.6 is 11.8 Å². The fourth-order valence-corrected chi connectivity index (χ4v) is 4.43. The second-order valence-electron chi connectivity index (χ2n) is 7.57. The van der Waals surface area contributed by atoms with E-state index in [2.05, 4.69) is 10.4 Å². The molecule has 0 aliphatic carbocycles. The van der Waals surface area contributed by atoms with E-state index in [1.807, 2.05) is 31.0 Å². The summed E-state index contributed by atoms with van der Waals surface area (Å²) in [6, 6.07) is 7.31. The standard InChI is InChI=1S/C20H28N4O4S/c1-13(2)11-28-17(25)12-27-16-5-3-15(4-6-16)24-20(14-7-9-22-10-8-14)29-19(23-24)18(21)26/h3-6,13-14,20,22H,7-12H2,1-2H3,(H2,21,26). The predicted molar refractivity (Wildman–Crippen MR) is 114 cm³/mol. The molecule has 9 heteroatoms. The number of hydrazone groups is 1. The third-order valence-electron chi connectivity index (χ3n) is 4.71. The molecule has 3 N–H and O–H groups in total. The van der Waals surface area contributed by atoms with Gasteiger partial charge in [-0.25, -0.2) is 4.79 Å². The number of benzene rings is 1. The van der Waals surface area contributed by atoms with Crippen LogP contribution in [0.5, 0.6) is 5.75 Å². The minimum Gasteiger partial charge on any atom is -0.482 e. The average Bonchev–Trinajstić information content (AvgIpc) is 3.17. The molecule has 1 fully saturated rings. The minimum atomic E-state index is -0.503. The number of nitrogens with one attached hydrogen (secondary N) is 1. The maximum atomic E-state index is 11.7. The van der Waals surface area contributed by atoms with Gasteiger partial charge in [0, 0.05) is 0 Å². The van der Waals surface area contributed by atoms with E-state index < -0.39 is 5.91 Å². The van der Waals surface area contributed by atoms with Crippen LogP contribution < -0.4 is 20.8 Å². The van der Waals surface area contributed by atoms with Crippen molar-refractivity contribution in [3.63, 3.8) is 0 Å². The van der Waals surface area contributed by atoms with Gasteiger partial charge in [-0.1, -0.05) is 25.6 Å². The summed E-state index contributed by atoms with van der Waals surface area (Å²) in [5.41, 5.74) is 6.33. The summed E-state index contributed by atoms with van der Waals surface area (Å²) < 4.78 is 10.6. The number of anilines is 1. The minimum absolute atomic E-state index is 0.0392. The van der Waals surface area contributed by atoms with Crippen molar-refractivity contribution in [2.75, 3.05) is 31.3 Å². The maximum Gasteiger partial charge on any atom is 0.344 e. The lowest BCUT2D eigenvalue weighted by Crippen LogP contribution is -2.38. The Labute approximate surface area is 175 Å². The van der Waals surface area contributed by atoms with Gasteiger partial charge in [-0.2, -0.15) is 5.10 Å². The summed E-state index contributed by atoms with van der Waals surface area (Å²) in [5, 5.41) is 10.1. The van der Waals surface area contributed by atoms with E-state index >= 15 is 0 Å². The average molecular weight is 421 g/mol. The summed E-state index contributed by atoms with van der Waals surface area (Å²) in [6.45, 7) is 6.13. The van der Waals surface area contributed by atoms with E-state index in [0.29, 0.717) is 23.3 Å². The first kappa shape index (κ1) is 21.4. The number of ether oxygens (including phenoxy) is 2.